The topological polar surface area (TPSA) is 71.0 Å². The third kappa shape index (κ3) is 3.96. The Morgan fingerprint density at radius 2 is 1.96 bits per heavy atom. The highest BCUT2D eigenvalue weighted by Gasteiger charge is 2.22. The number of nitrogens with zero attached hydrogens (tertiary/aromatic N) is 4. The van der Waals surface area contributed by atoms with Crippen LogP contribution in [0.15, 0.2) is 41.8 Å². The lowest BCUT2D eigenvalue weighted by Gasteiger charge is -2.16. The third-order valence-electron chi connectivity index (χ3n) is 4.51. The molecule has 1 saturated heterocycles. The minimum Gasteiger partial charge on any atom is -0.323 e. The summed E-state index contributed by atoms with van der Waals surface area (Å²) in [4.78, 5) is 26.7. The summed E-state index contributed by atoms with van der Waals surface area (Å²) >= 11 is 12.3. The van der Waals surface area contributed by atoms with Crippen molar-refractivity contribution in [1.82, 2.24) is 15.0 Å². The first kappa shape index (κ1) is 17.9. The Morgan fingerprint density at radius 3 is 2.70 bits per heavy atom. The van der Waals surface area contributed by atoms with Crippen molar-refractivity contribution in [3.63, 3.8) is 0 Å². The van der Waals surface area contributed by atoms with Gasteiger partial charge in [0.1, 0.15) is 0 Å². The molecular formula is C19H17Cl2N5O. The van der Waals surface area contributed by atoms with Gasteiger partial charge in [-0.25, -0.2) is 9.97 Å². The SMILES string of the molecule is O=C1CCCN1c1cncc(Nc2ncc(Cl)c(C3=CC=C(Cl)CC3)n2)c1. The van der Waals surface area contributed by atoms with Crippen LogP contribution in [0.5, 0.6) is 0 Å². The summed E-state index contributed by atoms with van der Waals surface area (Å²) in [5.41, 5.74) is 3.19. The molecule has 6 nitrogen and oxygen atoms in total. The van der Waals surface area contributed by atoms with Gasteiger partial charge in [-0.2, -0.15) is 0 Å². The standard InChI is InChI=1S/C19H17Cl2N5O/c20-13-5-3-12(4-6-13)18-16(21)11-23-19(25-18)24-14-8-15(10-22-9-14)26-7-1-2-17(26)27/h3,5,8-11H,1-2,4,6-7H2,(H,23,24,25). The van der Waals surface area contributed by atoms with Crippen molar-refractivity contribution >= 4 is 52.0 Å². The fourth-order valence-corrected chi connectivity index (χ4v) is 3.53. The van der Waals surface area contributed by atoms with Crippen LogP contribution < -0.4 is 10.2 Å². The quantitative estimate of drug-likeness (QED) is 0.803. The van der Waals surface area contributed by atoms with E-state index in [1.54, 1.807) is 23.5 Å². The molecular weight excluding hydrogens is 385 g/mol. The van der Waals surface area contributed by atoms with Gasteiger partial charge in [-0.1, -0.05) is 29.3 Å². The van der Waals surface area contributed by atoms with Crippen molar-refractivity contribution < 1.29 is 4.79 Å². The van der Waals surface area contributed by atoms with Crippen molar-refractivity contribution in [2.75, 3.05) is 16.8 Å². The second-order valence-electron chi connectivity index (χ2n) is 6.40. The van der Waals surface area contributed by atoms with Crippen molar-refractivity contribution in [2.45, 2.75) is 25.7 Å². The van der Waals surface area contributed by atoms with Gasteiger partial charge in [-0.15, -0.1) is 0 Å². The molecule has 1 aliphatic heterocycles. The lowest BCUT2D eigenvalue weighted by molar-refractivity contribution is -0.117. The number of hydrogen-bond acceptors (Lipinski definition) is 5. The van der Waals surface area contributed by atoms with Crippen LogP contribution in [0.1, 0.15) is 31.4 Å². The van der Waals surface area contributed by atoms with Crippen LogP contribution in [0.3, 0.4) is 0 Å². The normalized spacial score (nSPS) is 17.0. The van der Waals surface area contributed by atoms with E-state index in [0.29, 0.717) is 28.8 Å². The van der Waals surface area contributed by atoms with E-state index in [0.717, 1.165) is 42.1 Å². The molecule has 8 heteroatoms. The zero-order valence-corrected chi connectivity index (χ0v) is 16.0. The maximum Gasteiger partial charge on any atom is 0.227 e. The smallest absolute Gasteiger partial charge is 0.227 e. The van der Waals surface area contributed by atoms with Gasteiger partial charge >= 0.3 is 0 Å². The summed E-state index contributed by atoms with van der Waals surface area (Å²) in [7, 11) is 0. The molecule has 27 heavy (non-hydrogen) atoms. The monoisotopic (exact) mass is 401 g/mol. The van der Waals surface area contributed by atoms with Gasteiger partial charge in [0.15, 0.2) is 0 Å². The molecule has 0 atom stereocenters. The Bertz CT molecular complexity index is 957. The molecule has 1 fully saturated rings. The number of pyridine rings is 1. The average molecular weight is 402 g/mol. The van der Waals surface area contributed by atoms with Gasteiger partial charge in [0.25, 0.3) is 0 Å². The number of anilines is 3. The van der Waals surface area contributed by atoms with Crippen LogP contribution in [0.4, 0.5) is 17.3 Å². The first-order chi connectivity index (χ1) is 13.1. The Hall–Kier alpha value is -2.44. The van der Waals surface area contributed by atoms with Gasteiger partial charge in [-0.3, -0.25) is 9.78 Å². The predicted octanol–water partition coefficient (Wildman–Crippen LogP) is 4.70. The predicted molar refractivity (Wildman–Crippen MR) is 107 cm³/mol. The molecule has 0 aromatic carbocycles. The second-order valence-corrected chi connectivity index (χ2v) is 7.29. The van der Waals surface area contributed by atoms with Crippen LogP contribution in [0.2, 0.25) is 5.02 Å². The minimum absolute atomic E-state index is 0.120. The molecule has 0 bridgehead atoms. The highest BCUT2D eigenvalue weighted by molar-refractivity contribution is 6.32. The third-order valence-corrected chi connectivity index (χ3v) is 5.10. The van der Waals surface area contributed by atoms with Gasteiger partial charge < -0.3 is 10.2 Å². The lowest BCUT2D eigenvalue weighted by Crippen LogP contribution is -2.23. The number of allylic oxidation sites excluding steroid dienone is 4. The molecule has 2 aromatic rings. The first-order valence-electron chi connectivity index (χ1n) is 8.71. The van der Waals surface area contributed by atoms with Crippen molar-refractivity contribution in [2.24, 2.45) is 0 Å². The number of carbonyl (C=O) groups is 1. The number of amides is 1. The second kappa shape index (κ2) is 7.66. The number of carbonyl (C=O) groups excluding carboxylic acids is 1. The fourth-order valence-electron chi connectivity index (χ4n) is 3.16. The van der Waals surface area contributed by atoms with Crippen LogP contribution in [0.25, 0.3) is 5.57 Å². The maximum absolute atomic E-state index is 11.9. The summed E-state index contributed by atoms with van der Waals surface area (Å²) in [6.07, 6.45) is 11.7. The molecule has 2 aromatic heterocycles. The largest absolute Gasteiger partial charge is 0.323 e. The van der Waals surface area contributed by atoms with Crippen molar-refractivity contribution in [3.8, 4) is 0 Å². The minimum atomic E-state index is 0.120. The summed E-state index contributed by atoms with van der Waals surface area (Å²) in [5.74, 6) is 0.539. The summed E-state index contributed by atoms with van der Waals surface area (Å²) in [5, 5.41) is 4.46. The van der Waals surface area contributed by atoms with Crippen LogP contribution >= 0.6 is 23.2 Å². The van der Waals surface area contributed by atoms with Crippen molar-refractivity contribution in [3.05, 3.63) is 52.6 Å². The molecule has 1 N–H and O–H groups in total. The van der Waals surface area contributed by atoms with Gasteiger partial charge in [0, 0.05) is 18.0 Å². The zero-order chi connectivity index (χ0) is 18.8. The van der Waals surface area contributed by atoms with E-state index in [1.165, 1.54) is 0 Å². The Kier molecular flexibility index (Phi) is 5.09. The van der Waals surface area contributed by atoms with Crippen LogP contribution in [0, 0.1) is 0 Å². The van der Waals surface area contributed by atoms with E-state index in [1.807, 2.05) is 18.2 Å². The van der Waals surface area contributed by atoms with E-state index in [9.17, 15) is 4.79 Å². The molecule has 1 aliphatic carbocycles. The number of aromatic nitrogens is 3. The van der Waals surface area contributed by atoms with Gasteiger partial charge in [0.2, 0.25) is 11.9 Å². The van der Waals surface area contributed by atoms with Gasteiger partial charge in [-0.05, 0) is 37.0 Å². The van der Waals surface area contributed by atoms with E-state index in [-0.39, 0.29) is 5.91 Å². The molecule has 0 radical (unpaired) electrons. The molecule has 4 rings (SSSR count). The van der Waals surface area contributed by atoms with Crippen LogP contribution in [-0.4, -0.2) is 27.4 Å². The zero-order valence-electron chi connectivity index (χ0n) is 14.5. The molecule has 0 unspecified atom stereocenters. The molecule has 138 valence electrons. The summed E-state index contributed by atoms with van der Waals surface area (Å²) in [6.45, 7) is 0.718. The van der Waals surface area contributed by atoms with E-state index in [4.69, 9.17) is 23.2 Å². The van der Waals surface area contributed by atoms with E-state index >= 15 is 0 Å². The Labute approximate surface area is 166 Å². The number of halogens is 2. The number of nitrogens with one attached hydrogen (secondary N) is 1. The average Bonchev–Trinajstić information content (AvgIpc) is 3.10. The fraction of sp³-hybridized carbons (Fsp3) is 0.263. The molecule has 1 amide bonds. The van der Waals surface area contributed by atoms with E-state index < -0.39 is 0 Å². The first-order valence-corrected chi connectivity index (χ1v) is 9.46. The molecule has 0 spiro atoms. The maximum atomic E-state index is 11.9. The van der Waals surface area contributed by atoms with Crippen molar-refractivity contribution in [1.29, 1.82) is 0 Å². The Balaban J connectivity index is 1.58. The van der Waals surface area contributed by atoms with Crippen LogP contribution in [-0.2, 0) is 4.79 Å². The lowest BCUT2D eigenvalue weighted by atomic mass is 10.0. The summed E-state index contributed by atoms with van der Waals surface area (Å²) < 4.78 is 0. The van der Waals surface area contributed by atoms with E-state index in [2.05, 4.69) is 20.3 Å². The van der Waals surface area contributed by atoms with Gasteiger partial charge in [0.05, 0.1) is 40.7 Å². The Morgan fingerprint density at radius 1 is 1.07 bits per heavy atom. The highest BCUT2D eigenvalue weighted by atomic mass is 35.5. The molecule has 2 aliphatic rings. The highest BCUT2D eigenvalue weighted by Crippen LogP contribution is 2.32. The number of hydrogen-bond donors (Lipinski definition) is 1. The summed E-state index contributed by atoms with van der Waals surface area (Å²) in [6, 6.07) is 1.87. The molecule has 0 saturated carbocycles. The molecule has 3 heterocycles. The number of rotatable bonds is 4.